The fourth-order valence-corrected chi connectivity index (χ4v) is 2.90. The van der Waals surface area contributed by atoms with Crippen LogP contribution in [0.15, 0.2) is 41.6 Å². The summed E-state index contributed by atoms with van der Waals surface area (Å²) in [6.07, 6.45) is 2.54. The van der Waals surface area contributed by atoms with Crippen LogP contribution in [0.5, 0.6) is 0 Å². The summed E-state index contributed by atoms with van der Waals surface area (Å²) in [5, 5.41) is 8.62. The minimum Gasteiger partial charge on any atom is -0.477 e. The van der Waals surface area contributed by atoms with Crippen molar-refractivity contribution in [1.82, 2.24) is 9.97 Å². The van der Waals surface area contributed by atoms with Crippen molar-refractivity contribution < 1.29 is 18.3 Å². The van der Waals surface area contributed by atoms with Crippen molar-refractivity contribution in [2.24, 2.45) is 0 Å². The molecule has 0 unspecified atom stereocenters. The smallest absolute Gasteiger partial charge is 0.354 e. The Bertz CT molecular complexity index is 764. The van der Waals surface area contributed by atoms with Crippen molar-refractivity contribution in [3.63, 3.8) is 0 Å². The Balaban J connectivity index is 2.36. The van der Waals surface area contributed by atoms with Crippen LogP contribution in [-0.4, -0.2) is 29.5 Å². The lowest BCUT2D eigenvalue weighted by atomic mass is 10.3. The van der Waals surface area contributed by atoms with E-state index < -0.39 is 16.0 Å². The van der Waals surface area contributed by atoms with E-state index in [0.717, 1.165) is 6.07 Å². The molecule has 0 aliphatic rings. The molecule has 9 heteroatoms. The van der Waals surface area contributed by atoms with E-state index in [9.17, 15) is 13.2 Å². The zero-order valence-corrected chi connectivity index (χ0v) is 11.4. The lowest BCUT2D eigenvalue weighted by molar-refractivity contribution is 0.0690. The van der Waals surface area contributed by atoms with Gasteiger partial charge < -0.3 is 5.11 Å². The molecule has 104 valence electrons. The van der Waals surface area contributed by atoms with Gasteiger partial charge in [-0.15, -0.1) is 0 Å². The second kappa shape index (κ2) is 5.43. The molecule has 2 N–H and O–H groups in total. The largest absolute Gasteiger partial charge is 0.477 e. The van der Waals surface area contributed by atoms with Gasteiger partial charge in [-0.2, -0.15) is 0 Å². The van der Waals surface area contributed by atoms with Crippen LogP contribution < -0.4 is 4.72 Å². The minimum atomic E-state index is -3.95. The molecule has 0 atom stereocenters. The number of rotatable bonds is 4. The van der Waals surface area contributed by atoms with Crippen LogP contribution in [0.2, 0.25) is 5.15 Å². The summed E-state index contributed by atoms with van der Waals surface area (Å²) < 4.78 is 26.4. The maximum absolute atomic E-state index is 12.1. The first kappa shape index (κ1) is 14.2. The zero-order chi connectivity index (χ0) is 14.8. The van der Waals surface area contributed by atoms with Crippen molar-refractivity contribution in [3.05, 3.63) is 47.5 Å². The molecular formula is C11H8ClN3O4S. The highest BCUT2D eigenvalue weighted by atomic mass is 35.5. The molecule has 0 aliphatic carbocycles. The molecule has 0 amide bonds. The number of carboxylic acid groups (broad SMARTS) is 1. The predicted octanol–water partition coefficient (Wildman–Crippen LogP) is 1.63. The molecule has 2 rings (SSSR count). The number of pyridine rings is 2. The van der Waals surface area contributed by atoms with Crippen LogP contribution in [0.3, 0.4) is 0 Å². The number of carbonyl (C=O) groups is 1. The summed E-state index contributed by atoms with van der Waals surface area (Å²) in [5.74, 6) is -1.26. The van der Waals surface area contributed by atoms with Gasteiger partial charge in [0.2, 0.25) is 0 Å². The van der Waals surface area contributed by atoms with Gasteiger partial charge in [-0.05, 0) is 24.3 Å². The Morgan fingerprint density at radius 2 is 2.00 bits per heavy atom. The Labute approximate surface area is 119 Å². The first-order chi connectivity index (χ1) is 9.40. The number of halogens is 1. The van der Waals surface area contributed by atoms with E-state index in [4.69, 9.17) is 16.7 Å². The molecule has 2 heterocycles. The third-order valence-electron chi connectivity index (χ3n) is 2.25. The number of sulfonamides is 1. The molecule has 0 saturated heterocycles. The highest BCUT2D eigenvalue weighted by Crippen LogP contribution is 2.21. The summed E-state index contributed by atoms with van der Waals surface area (Å²) in [4.78, 5) is 17.8. The van der Waals surface area contributed by atoms with E-state index in [1.165, 1.54) is 30.6 Å². The Morgan fingerprint density at radius 1 is 1.25 bits per heavy atom. The standard InChI is InChI=1S/C11H8ClN3O4S/c12-10-9(2-1-4-14-10)20(18,19)15-7-3-5-13-8(6-7)11(16)17/h1-6H,(H,13,15)(H,16,17). The van der Waals surface area contributed by atoms with Crippen LogP contribution in [0.4, 0.5) is 5.69 Å². The third kappa shape index (κ3) is 3.03. The molecule has 0 aliphatic heterocycles. The maximum Gasteiger partial charge on any atom is 0.354 e. The molecule has 0 radical (unpaired) electrons. The molecule has 20 heavy (non-hydrogen) atoms. The lowest BCUT2D eigenvalue weighted by Crippen LogP contribution is -2.14. The molecule has 0 spiro atoms. The number of hydrogen-bond donors (Lipinski definition) is 2. The summed E-state index contributed by atoms with van der Waals surface area (Å²) in [6.45, 7) is 0. The Morgan fingerprint density at radius 3 is 2.65 bits per heavy atom. The van der Waals surface area contributed by atoms with Gasteiger partial charge in [0.25, 0.3) is 10.0 Å². The fourth-order valence-electron chi connectivity index (χ4n) is 1.39. The number of nitrogens with zero attached hydrogens (tertiary/aromatic N) is 2. The van der Waals surface area contributed by atoms with Crippen LogP contribution in [0.1, 0.15) is 10.5 Å². The third-order valence-corrected chi connectivity index (χ3v) is 4.07. The first-order valence-electron chi connectivity index (χ1n) is 5.23. The van der Waals surface area contributed by atoms with Gasteiger partial charge in [0.15, 0.2) is 0 Å². The summed E-state index contributed by atoms with van der Waals surface area (Å²) >= 11 is 5.72. The highest BCUT2D eigenvalue weighted by Gasteiger charge is 2.19. The number of aromatic carboxylic acids is 1. The van der Waals surface area contributed by atoms with Gasteiger partial charge in [-0.25, -0.2) is 23.2 Å². The molecule has 0 bridgehead atoms. The quantitative estimate of drug-likeness (QED) is 0.830. The zero-order valence-electron chi connectivity index (χ0n) is 9.82. The van der Waals surface area contributed by atoms with Crippen LogP contribution in [0, 0.1) is 0 Å². The number of carboxylic acids is 1. The highest BCUT2D eigenvalue weighted by molar-refractivity contribution is 7.92. The van der Waals surface area contributed by atoms with Crippen LogP contribution in [0.25, 0.3) is 0 Å². The van der Waals surface area contributed by atoms with Crippen LogP contribution >= 0.6 is 11.6 Å². The van der Waals surface area contributed by atoms with Gasteiger partial charge in [-0.1, -0.05) is 11.6 Å². The van der Waals surface area contributed by atoms with Gasteiger partial charge in [0.1, 0.15) is 15.7 Å². The molecule has 0 aromatic carbocycles. The number of hydrogen-bond acceptors (Lipinski definition) is 5. The van der Waals surface area contributed by atoms with Crippen molar-refractivity contribution in [2.75, 3.05) is 4.72 Å². The normalized spacial score (nSPS) is 11.1. The molecule has 2 aromatic heterocycles. The number of anilines is 1. The SMILES string of the molecule is O=C(O)c1cc(NS(=O)(=O)c2cccnc2Cl)ccn1. The van der Waals surface area contributed by atoms with Gasteiger partial charge in [0.05, 0.1) is 5.69 Å². The van der Waals surface area contributed by atoms with Crippen molar-refractivity contribution in [3.8, 4) is 0 Å². The lowest BCUT2D eigenvalue weighted by Gasteiger charge is -2.08. The average Bonchev–Trinajstić information content (AvgIpc) is 2.38. The van der Waals surface area contributed by atoms with Crippen molar-refractivity contribution in [1.29, 1.82) is 0 Å². The predicted molar refractivity (Wildman–Crippen MR) is 71.3 cm³/mol. The average molecular weight is 314 g/mol. The number of nitrogens with one attached hydrogen (secondary N) is 1. The van der Waals surface area contributed by atoms with Crippen molar-refractivity contribution >= 4 is 33.3 Å². The number of aromatic nitrogens is 2. The second-order valence-electron chi connectivity index (χ2n) is 3.63. The molecule has 0 saturated carbocycles. The summed E-state index contributed by atoms with van der Waals surface area (Å²) in [5.41, 5.74) is -0.209. The summed E-state index contributed by atoms with van der Waals surface area (Å²) in [6, 6.07) is 5.14. The van der Waals surface area contributed by atoms with E-state index in [0.29, 0.717) is 0 Å². The molecule has 2 aromatic rings. The van der Waals surface area contributed by atoms with Crippen LogP contribution in [-0.2, 0) is 10.0 Å². The summed E-state index contributed by atoms with van der Waals surface area (Å²) in [7, 11) is -3.95. The Hall–Kier alpha value is -2.19. The monoisotopic (exact) mass is 313 g/mol. The fraction of sp³-hybridized carbons (Fsp3) is 0. The van der Waals surface area contributed by atoms with E-state index in [-0.39, 0.29) is 21.4 Å². The van der Waals surface area contributed by atoms with E-state index in [1.54, 1.807) is 0 Å². The van der Waals surface area contributed by atoms with E-state index >= 15 is 0 Å². The molecule has 0 fully saturated rings. The van der Waals surface area contributed by atoms with E-state index in [1.807, 2.05) is 0 Å². The van der Waals surface area contributed by atoms with E-state index in [2.05, 4.69) is 14.7 Å². The van der Waals surface area contributed by atoms with Gasteiger partial charge in [-0.3, -0.25) is 4.72 Å². The maximum atomic E-state index is 12.1. The Kier molecular flexibility index (Phi) is 3.86. The first-order valence-corrected chi connectivity index (χ1v) is 7.09. The van der Waals surface area contributed by atoms with Gasteiger partial charge >= 0.3 is 5.97 Å². The topological polar surface area (TPSA) is 109 Å². The minimum absolute atomic E-state index is 0.0670. The van der Waals surface area contributed by atoms with Gasteiger partial charge in [0, 0.05) is 12.4 Å². The molecule has 7 nitrogen and oxygen atoms in total. The van der Waals surface area contributed by atoms with Crippen molar-refractivity contribution in [2.45, 2.75) is 4.90 Å². The second-order valence-corrected chi connectivity index (χ2v) is 5.64. The molecular weight excluding hydrogens is 306 g/mol.